The van der Waals surface area contributed by atoms with Crippen LogP contribution in [0.15, 0.2) is 0 Å². The molecule has 0 atom stereocenters. The lowest BCUT2D eigenvalue weighted by molar-refractivity contribution is -0.160. The molecule has 1 fully saturated rings. The second-order valence-corrected chi connectivity index (χ2v) is 4.31. The molecule has 0 aromatic carbocycles. The minimum absolute atomic E-state index is 0.0451. The summed E-state index contributed by atoms with van der Waals surface area (Å²) in [6, 6.07) is 0. The van der Waals surface area contributed by atoms with E-state index in [1.165, 1.54) is 14.0 Å². The molecule has 0 aromatic heterocycles. The van der Waals surface area contributed by atoms with E-state index in [4.69, 9.17) is 4.74 Å². The van der Waals surface area contributed by atoms with E-state index in [1.807, 2.05) is 0 Å². The Labute approximate surface area is 84.8 Å². The molecular formula is C11H18O3. The summed E-state index contributed by atoms with van der Waals surface area (Å²) >= 11 is 0. The summed E-state index contributed by atoms with van der Waals surface area (Å²) in [5.74, 6) is 0.222. The van der Waals surface area contributed by atoms with Crippen LogP contribution in [0.25, 0.3) is 0 Å². The second-order valence-electron chi connectivity index (χ2n) is 4.31. The Morgan fingerprint density at radius 2 is 1.79 bits per heavy atom. The third-order valence-corrected chi connectivity index (χ3v) is 3.38. The fourth-order valence-electron chi connectivity index (χ4n) is 2.15. The molecule has 1 aliphatic carbocycles. The van der Waals surface area contributed by atoms with E-state index < -0.39 is 5.41 Å². The standard InChI is InChI=1S/C11H18O3/c1-8-4-6-11(7-5-8,9(2)12)10(13)14-3/h8H,4-7H2,1-3H3. The van der Waals surface area contributed by atoms with Crippen molar-refractivity contribution < 1.29 is 14.3 Å². The lowest BCUT2D eigenvalue weighted by Gasteiger charge is -2.34. The van der Waals surface area contributed by atoms with Crippen molar-refractivity contribution in [2.24, 2.45) is 11.3 Å². The number of methoxy groups -OCH3 is 1. The van der Waals surface area contributed by atoms with Gasteiger partial charge < -0.3 is 4.74 Å². The third kappa shape index (κ3) is 1.81. The molecule has 80 valence electrons. The Morgan fingerprint density at radius 3 is 2.14 bits per heavy atom. The Kier molecular flexibility index (Phi) is 3.29. The Balaban J connectivity index is 2.84. The van der Waals surface area contributed by atoms with E-state index in [0.29, 0.717) is 18.8 Å². The van der Waals surface area contributed by atoms with Crippen molar-refractivity contribution in [1.82, 2.24) is 0 Å². The highest BCUT2D eigenvalue weighted by atomic mass is 16.5. The summed E-state index contributed by atoms with van der Waals surface area (Å²) in [7, 11) is 1.35. The summed E-state index contributed by atoms with van der Waals surface area (Å²) < 4.78 is 4.73. The summed E-state index contributed by atoms with van der Waals surface area (Å²) in [4.78, 5) is 23.1. The van der Waals surface area contributed by atoms with Gasteiger partial charge in [-0.1, -0.05) is 6.92 Å². The van der Waals surface area contributed by atoms with Crippen LogP contribution in [0.3, 0.4) is 0 Å². The molecule has 0 amide bonds. The van der Waals surface area contributed by atoms with Gasteiger partial charge in [-0.2, -0.15) is 0 Å². The van der Waals surface area contributed by atoms with Crippen LogP contribution in [-0.4, -0.2) is 18.9 Å². The number of carbonyl (C=O) groups is 2. The SMILES string of the molecule is COC(=O)C1(C(C)=O)CCC(C)CC1. The van der Waals surface area contributed by atoms with Gasteiger partial charge in [-0.3, -0.25) is 9.59 Å². The first-order valence-electron chi connectivity index (χ1n) is 5.12. The Bertz CT molecular complexity index is 237. The molecule has 0 bridgehead atoms. The molecule has 0 heterocycles. The molecule has 0 radical (unpaired) electrons. The van der Waals surface area contributed by atoms with E-state index >= 15 is 0 Å². The minimum Gasteiger partial charge on any atom is -0.468 e. The maximum Gasteiger partial charge on any atom is 0.319 e. The predicted octanol–water partition coefficient (Wildman–Crippen LogP) is 1.94. The molecular weight excluding hydrogens is 180 g/mol. The van der Waals surface area contributed by atoms with Gasteiger partial charge >= 0.3 is 5.97 Å². The third-order valence-electron chi connectivity index (χ3n) is 3.38. The van der Waals surface area contributed by atoms with E-state index in [9.17, 15) is 9.59 Å². The highest BCUT2D eigenvalue weighted by Crippen LogP contribution is 2.40. The van der Waals surface area contributed by atoms with Crippen molar-refractivity contribution in [1.29, 1.82) is 0 Å². The first kappa shape index (κ1) is 11.2. The zero-order valence-corrected chi connectivity index (χ0v) is 9.13. The van der Waals surface area contributed by atoms with Crippen LogP contribution in [0, 0.1) is 11.3 Å². The molecule has 0 unspecified atom stereocenters. The number of carbonyl (C=O) groups excluding carboxylic acids is 2. The Morgan fingerprint density at radius 1 is 1.29 bits per heavy atom. The largest absolute Gasteiger partial charge is 0.468 e. The van der Waals surface area contributed by atoms with Crippen LogP contribution in [-0.2, 0) is 14.3 Å². The quantitative estimate of drug-likeness (QED) is 0.503. The minimum atomic E-state index is -0.832. The van der Waals surface area contributed by atoms with Crippen molar-refractivity contribution >= 4 is 11.8 Å². The van der Waals surface area contributed by atoms with Crippen LogP contribution >= 0.6 is 0 Å². The molecule has 3 heteroatoms. The fraction of sp³-hybridized carbons (Fsp3) is 0.818. The topological polar surface area (TPSA) is 43.4 Å². The van der Waals surface area contributed by atoms with Crippen molar-refractivity contribution in [2.45, 2.75) is 39.5 Å². The van der Waals surface area contributed by atoms with Crippen LogP contribution in [0.4, 0.5) is 0 Å². The number of rotatable bonds is 2. The van der Waals surface area contributed by atoms with Gasteiger partial charge in [0.05, 0.1) is 7.11 Å². The monoisotopic (exact) mass is 198 g/mol. The zero-order chi connectivity index (χ0) is 10.8. The van der Waals surface area contributed by atoms with E-state index in [-0.39, 0.29) is 11.8 Å². The van der Waals surface area contributed by atoms with E-state index in [0.717, 1.165) is 12.8 Å². The predicted molar refractivity (Wildman–Crippen MR) is 52.8 cm³/mol. The molecule has 3 nitrogen and oxygen atoms in total. The van der Waals surface area contributed by atoms with Crippen molar-refractivity contribution in [2.75, 3.05) is 7.11 Å². The van der Waals surface area contributed by atoms with Gasteiger partial charge in [0.25, 0.3) is 0 Å². The fourth-order valence-corrected chi connectivity index (χ4v) is 2.15. The molecule has 0 aliphatic heterocycles. The number of ketones is 1. The van der Waals surface area contributed by atoms with Gasteiger partial charge in [0.1, 0.15) is 11.2 Å². The first-order valence-corrected chi connectivity index (χ1v) is 5.12. The summed E-state index contributed by atoms with van der Waals surface area (Å²) in [5.41, 5.74) is -0.832. The lowest BCUT2D eigenvalue weighted by Crippen LogP contribution is -2.41. The molecule has 1 saturated carbocycles. The average Bonchev–Trinajstić information content (AvgIpc) is 2.18. The number of hydrogen-bond donors (Lipinski definition) is 0. The number of esters is 1. The molecule has 1 aliphatic rings. The molecule has 0 saturated heterocycles. The van der Waals surface area contributed by atoms with Gasteiger partial charge in [-0.15, -0.1) is 0 Å². The smallest absolute Gasteiger partial charge is 0.319 e. The molecule has 1 rings (SSSR count). The van der Waals surface area contributed by atoms with Gasteiger partial charge in [0.2, 0.25) is 0 Å². The highest BCUT2D eigenvalue weighted by Gasteiger charge is 2.46. The van der Waals surface area contributed by atoms with Crippen LogP contribution in [0.1, 0.15) is 39.5 Å². The van der Waals surface area contributed by atoms with Crippen molar-refractivity contribution in [3.05, 3.63) is 0 Å². The van der Waals surface area contributed by atoms with Crippen LogP contribution in [0.5, 0.6) is 0 Å². The summed E-state index contributed by atoms with van der Waals surface area (Å²) in [5, 5.41) is 0. The van der Waals surface area contributed by atoms with Crippen LogP contribution in [0.2, 0.25) is 0 Å². The average molecular weight is 198 g/mol. The normalized spacial score (nSPS) is 32.4. The van der Waals surface area contributed by atoms with Gasteiger partial charge in [-0.05, 0) is 38.5 Å². The molecule has 14 heavy (non-hydrogen) atoms. The Hall–Kier alpha value is -0.860. The summed E-state index contributed by atoms with van der Waals surface area (Å²) in [6.45, 7) is 3.65. The van der Waals surface area contributed by atoms with Crippen LogP contribution < -0.4 is 0 Å². The number of ether oxygens (including phenoxy) is 1. The van der Waals surface area contributed by atoms with E-state index in [2.05, 4.69) is 6.92 Å². The van der Waals surface area contributed by atoms with Gasteiger partial charge in [0.15, 0.2) is 0 Å². The first-order chi connectivity index (χ1) is 6.53. The maximum atomic E-state index is 11.6. The lowest BCUT2D eigenvalue weighted by atomic mass is 9.68. The molecule has 0 N–H and O–H groups in total. The number of hydrogen-bond acceptors (Lipinski definition) is 3. The van der Waals surface area contributed by atoms with Crippen molar-refractivity contribution in [3.63, 3.8) is 0 Å². The second kappa shape index (κ2) is 4.11. The van der Waals surface area contributed by atoms with Gasteiger partial charge in [-0.25, -0.2) is 0 Å². The van der Waals surface area contributed by atoms with Crippen molar-refractivity contribution in [3.8, 4) is 0 Å². The van der Waals surface area contributed by atoms with Gasteiger partial charge in [0, 0.05) is 0 Å². The molecule has 0 spiro atoms. The zero-order valence-electron chi connectivity index (χ0n) is 9.13. The maximum absolute atomic E-state index is 11.6. The molecule has 0 aromatic rings. The van der Waals surface area contributed by atoms with E-state index in [1.54, 1.807) is 0 Å². The summed E-state index contributed by atoms with van der Waals surface area (Å²) in [6.07, 6.45) is 3.18. The number of Topliss-reactive ketones (excluding diaryl/α,β-unsaturated/α-hetero) is 1. The highest BCUT2D eigenvalue weighted by molar-refractivity contribution is 6.02.